The van der Waals surface area contributed by atoms with Crippen LogP contribution in [-0.4, -0.2) is 16.2 Å². The zero-order chi connectivity index (χ0) is 11.7. The Bertz CT molecular complexity index is 562. The van der Waals surface area contributed by atoms with Crippen molar-refractivity contribution in [2.75, 3.05) is 5.75 Å². The Labute approximate surface area is 104 Å². The van der Waals surface area contributed by atoms with Gasteiger partial charge in [-0.15, -0.1) is 0 Å². The van der Waals surface area contributed by atoms with Gasteiger partial charge in [0.2, 0.25) is 5.91 Å². The topological polar surface area (TPSA) is 34.0 Å². The van der Waals surface area contributed by atoms with Crippen LogP contribution in [0, 0.1) is 0 Å². The van der Waals surface area contributed by atoms with Crippen LogP contribution >= 0.6 is 11.8 Å². The maximum absolute atomic E-state index is 11.6. The van der Waals surface area contributed by atoms with Gasteiger partial charge in [-0.05, 0) is 23.8 Å². The molecule has 0 atom stereocenters. The van der Waals surface area contributed by atoms with Crippen molar-refractivity contribution >= 4 is 17.7 Å². The lowest BCUT2D eigenvalue weighted by atomic mass is 10.1. The number of para-hydroxylation sites is 1. The van der Waals surface area contributed by atoms with E-state index in [9.17, 15) is 4.79 Å². The first kappa shape index (κ1) is 10.5. The second kappa shape index (κ2) is 4.30. The summed E-state index contributed by atoms with van der Waals surface area (Å²) in [5.41, 5.74) is 2.28. The Morgan fingerprint density at radius 2 is 2.06 bits per heavy atom. The first-order valence-corrected chi connectivity index (χ1v) is 6.48. The summed E-state index contributed by atoms with van der Waals surface area (Å²) in [6, 6.07) is 12.2. The number of nitrogens with zero attached hydrogens (tertiary/aromatic N) is 1. The second-order valence-electron chi connectivity index (χ2n) is 3.91. The molecule has 0 saturated carbocycles. The fraction of sp³-hybridized carbons (Fsp3) is 0.154. The Balaban J connectivity index is 2.15. The molecule has 1 amide bonds. The summed E-state index contributed by atoms with van der Waals surface area (Å²) in [5.74, 6) is 0.553. The van der Waals surface area contributed by atoms with E-state index in [0.29, 0.717) is 12.3 Å². The molecule has 2 heterocycles. The molecule has 17 heavy (non-hydrogen) atoms. The number of aromatic nitrogens is 1. The molecule has 0 radical (unpaired) electrons. The van der Waals surface area contributed by atoms with Gasteiger partial charge in [-0.2, -0.15) is 0 Å². The van der Waals surface area contributed by atoms with Crippen LogP contribution in [0.5, 0.6) is 0 Å². The summed E-state index contributed by atoms with van der Waals surface area (Å²) < 4.78 is 2.14. The number of thioether (sulfide) groups is 1. The van der Waals surface area contributed by atoms with Crippen molar-refractivity contribution < 1.29 is 4.79 Å². The number of fused-ring (bicyclic) bond motifs is 3. The Hall–Kier alpha value is -1.68. The third kappa shape index (κ3) is 1.96. The van der Waals surface area contributed by atoms with Gasteiger partial charge in [-0.3, -0.25) is 4.79 Å². The zero-order valence-electron chi connectivity index (χ0n) is 9.22. The molecule has 0 bridgehead atoms. The van der Waals surface area contributed by atoms with Crippen LogP contribution < -0.4 is 5.32 Å². The zero-order valence-corrected chi connectivity index (χ0v) is 10.0. The highest BCUT2D eigenvalue weighted by molar-refractivity contribution is 7.99. The van der Waals surface area contributed by atoms with E-state index in [4.69, 9.17) is 0 Å². The van der Waals surface area contributed by atoms with Gasteiger partial charge in [0.25, 0.3) is 0 Å². The average molecular weight is 244 g/mol. The van der Waals surface area contributed by atoms with E-state index in [-0.39, 0.29) is 5.91 Å². The monoisotopic (exact) mass is 244 g/mol. The minimum absolute atomic E-state index is 0.0828. The van der Waals surface area contributed by atoms with E-state index in [2.05, 4.69) is 22.0 Å². The van der Waals surface area contributed by atoms with E-state index < -0.39 is 0 Å². The molecule has 0 saturated heterocycles. The van der Waals surface area contributed by atoms with Crippen molar-refractivity contribution in [2.24, 2.45) is 0 Å². The van der Waals surface area contributed by atoms with Crippen molar-refractivity contribution in [2.45, 2.75) is 11.6 Å². The molecular weight excluding hydrogens is 232 g/mol. The number of amides is 1. The van der Waals surface area contributed by atoms with Crippen LogP contribution in [0.1, 0.15) is 5.56 Å². The highest BCUT2D eigenvalue weighted by Crippen LogP contribution is 2.26. The molecule has 86 valence electrons. The van der Waals surface area contributed by atoms with Gasteiger partial charge in [0.1, 0.15) is 0 Å². The standard InChI is InChI=1S/C13H12N2OS/c16-12-9-17-13-6-3-7-15(13)11-5-2-1-4-10(11)8-14-12/h1-7H,8-9H2,(H,14,16). The van der Waals surface area contributed by atoms with E-state index in [1.165, 1.54) is 0 Å². The van der Waals surface area contributed by atoms with E-state index in [0.717, 1.165) is 16.3 Å². The van der Waals surface area contributed by atoms with E-state index in [1.54, 1.807) is 11.8 Å². The van der Waals surface area contributed by atoms with E-state index >= 15 is 0 Å². The minimum atomic E-state index is 0.0828. The van der Waals surface area contributed by atoms with Crippen LogP contribution in [0.15, 0.2) is 47.6 Å². The van der Waals surface area contributed by atoms with Crippen LogP contribution in [0.4, 0.5) is 0 Å². The summed E-state index contributed by atoms with van der Waals surface area (Å²) in [7, 11) is 0. The molecule has 0 spiro atoms. The molecule has 1 aromatic heterocycles. The van der Waals surface area contributed by atoms with Crippen molar-refractivity contribution in [1.29, 1.82) is 0 Å². The normalized spacial score (nSPS) is 14.9. The molecule has 0 aliphatic carbocycles. The molecular formula is C13H12N2OS. The fourth-order valence-corrected chi connectivity index (χ4v) is 2.82. The summed E-state index contributed by atoms with van der Waals surface area (Å²) in [6.07, 6.45) is 2.04. The summed E-state index contributed by atoms with van der Waals surface area (Å²) in [5, 5.41) is 4.04. The van der Waals surface area contributed by atoms with Crippen molar-refractivity contribution in [3.8, 4) is 5.69 Å². The number of carbonyl (C=O) groups is 1. The number of rotatable bonds is 0. The minimum Gasteiger partial charge on any atom is -0.351 e. The fourth-order valence-electron chi connectivity index (χ4n) is 1.96. The maximum atomic E-state index is 11.6. The second-order valence-corrected chi connectivity index (χ2v) is 4.91. The summed E-state index contributed by atoms with van der Waals surface area (Å²) in [6.45, 7) is 0.590. The SMILES string of the molecule is O=C1CSc2cccn2-c2ccccc2CN1. The predicted molar refractivity (Wildman–Crippen MR) is 68.3 cm³/mol. The van der Waals surface area contributed by atoms with Gasteiger partial charge in [0.15, 0.2) is 0 Å². The highest BCUT2D eigenvalue weighted by atomic mass is 32.2. The molecule has 4 heteroatoms. The number of hydrogen-bond acceptors (Lipinski definition) is 2. The van der Waals surface area contributed by atoms with Gasteiger partial charge in [0, 0.05) is 12.7 Å². The van der Waals surface area contributed by atoms with Crippen LogP contribution in [0.2, 0.25) is 0 Å². The smallest absolute Gasteiger partial charge is 0.230 e. The molecule has 1 aromatic carbocycles. The van der Waals surface area contributed by atoms with Crippen molar-refractivity contribution in [1.82, 2.24) is 9.88 Å². The quantitative estimate of drug-likeness (QED) is 0.771. The Morgan fingerprint density at radius 3 is 3.00 bits per heavy atom. The molecule has 3 rings (SSSR count). The predicted octanol–water partition coefficient (Wildman–Crippen LogP) is 2.20. The average Bonchev–Trinajstić information content (AvgIpc) is 2.82. The van der Waals surface area contributed by atoms with Crippen LogP contribution in [0.3, 0.4) is 0 Å². The maximum Gasteiger partial charge on any atom is 0.230 e. The molecule has 1 N–H and O–H groups in total. The summed E-state index contributed by atoms with van der Waals surface area (Å²) in [4.78, 5) is 11.6. The lowest BCUT2D eigenvalue weighted by molar-refractivity contribution is -0.118. The third-order valence-corrected chi connectivity index (χ3v) is 3.82. The van der Waals surface area contributed by atoms with Gasteiger partial charge in [-0.1, -0.05) is 30.0 Å². The van der Waals surface area contributed by atoms with Crippen LogP contribution in [0.25, 0.3) is 5.69 Å². The molecule has 0 fully saturated rings. The lowest BCUT2D eigenvalue weighted by Gasteiger charge is -2.11. The van der Waals surface area contributed by atoms with E-state index in [1.807, 2.05) is 30.5 Å². The molecule has 3 nitrogen and oxygen atoms in total. The van der Waals surface area contributed by atoms with Crippen LogP contribution in [-0.2, 0) is 11.3 Å². The molecule has 1 aliphatic heterocycles. The molecule has 2 aromatic rings. The largest absolute Gasteiger partial charge is 0.351 e. The number of hydrogen-bond donors (Lipinski definition) is 1. The van der Waals surface area contributed by atoms with Crippen molar-refractivity contribution in [3.05, 3.63) is 48.2 Å². The van der Waals surface area contributed by atoms with Gasteiger partial charge in [0.05, 0.1) is 16.5 Å². The van der Waals surface area contributed by atoms with Crippen molar-refractivity contribution in [3.63, 3.8) is 0 Å². The Morgan fingerprint density at radius 1 is 1.18 bits per heavy atom. The number of nitrogens with one attached hydrogen (secondary N) is 1. The summed E-state index contributed by atoms with van der Waals surface area (Å²) >= 11 is 1.57. The Kier molecular flexibility index (Phi) is 2.65. The van der Waals surface area contributed by atoms with Gasteiger partial charge >= 0.3 is 0 Å². The lowest BCUT2D eigenvalue weighted by Crippen LogP contribution is -2.24. The highest BCUT2D eigenvalue weighted by Gasteiger charge is 2.13. The molecule has 1 aliphatic rings. The van der Waals surface area contributed by atoms with Gasteiger partial charge in [-0.25, -0.2) is 0 Å². The third-order valence-electron chi connectivity index (χ3n) is 2.79. The number of benzene rings is 1. The number of carbonyl (C=O) groups excluding carboxylic acids is 1. The molecule has 0 unspecified atom stereocenters. The first-order chi connectivity index (χ1) is 8.34. The first-order valence-electron chi connectivity index (χ1n) is 5.50. The van der Waals surface area contributed by atoms with Gasteiger partial charge < -0.3 is 9.88 Å².